The Hall–Kier alpha value is -0.160. The Morgan fingerprint density at radius 1 is 1.31 bits per heavy atom. The van der Waals surface area contributed by atoms with Gasteiger partial charge in [-0.05, 0) is 25.7 Å². The van der Waals surface area contributed by atoms with Crippen molar-refractivity contribution in [2.75, 3.05) is 32.9 Å². The highest BCUT2D eigenvalue weighted by Gasteiger charge is 2.40. The van der Waals surface area contributed by atoms with Crippen molar-refractivity contribution >= 4 is 0 Å². The highest BCUT2D eigenvalue weighted by atomic mass is 16.5. The summed E-state index contributed by atoms with van der Waals surface area (Å²) in [6.45, 7) is 4.45. The van der Waals surface area contributed by atoms with Crippen LogP contribution in [0.25, 0.3) is 0 Å². The van der Waals surface area contributed by atoms with Crippen molar-refractivity contribution in [3.63, 3.8) is 0 Å². The minimum Gasteiger partial charge on any atom is -0.379 e. The molecule has 0 aromatic carbocycles. The molecule has 4 nitrogen and oxygen atoms in total. The Balaban J connectivity index is 1.64. The SMILES string of the molecule is NC1(CN2CCOC3CCCC32)CCOC1. The molecule has 1 aliphatic carbocycles. The molecule has 3 fully saturated rings. The number of ether oxygens (including phenoxy) is 2. The fourth-order valence-electron chi connectivity index (χ4n) is 3.35. The van der Waals surface area contributed by atoms with Crippen LogP contribution in [0, 0.1) is 0 Å². The first-order valence-electron chi connectivity index (χ1n) is 6.49. The number of hydrogen-bond donors (Lipinski definition) is 1. The smallest absolute Gasteiger partial charge is 0.0730 e. The first kappa shape index (κ1) is 11.0. The molecule has 2 saturated heterocycles. The Morgan fingerprint density at radius 2 is 2.25 bits per heavy atom. The van der Waals surface area contributed by atoms with Crippen molar-refractivity contribution in [1.29, 1.82) is 0 Å². The van der Waals surface area contributed by atoms with Crippen molar-refractivity contribution < 1.29 is 9.47 Å². The molecule has 3 rings (SSSR count). The van der Waals surface area contributed by atoms with Gasteiger partial charge in [-0.25, -0.2) is 0 Å². The summed E-state index contributed by atoms with van der Waals surface area (Å²) < 4.78 is 11.2. The molecule has 92 valence electrons. The second-order valence-corrected chi connectivity index (χ2v) is 5.54. The monoisotopic (exact) mass is 226 g/mol. The predicted molar refractivity (Wildman–Crippen MR) is 61.3 cm³/mol. The zero-order chi connectivity index (χ0) is 11.0. The van der Waals surface area contributed by atoms with Gasteiger partial charge in [0.25, 0.3) is 0 Å². The molecule has 1 saturated carbocycles. The van der Waals surface area contributed by atoms with Gasteiger partial charge in [0.2, 0.25) is 0 Å². The van der Waals surface area contributed by atoms with Crippen molar-refractivity contribution in [1.82, 2.24) is 4.90 Å². The maximum Gasteiger partial charge on any atom is 0.0730 e. The first-order chi connectivity index (χ1) is 7.77. The molecule has 3 aliphatic rings. The number of morpholine rings is 1. The van der Waals surface area contributed by atoms with Crippen LogP contribution in [0.1, 0.15) is 25.7 Å². The number of hydrogen-bond acceptors (Lipinski definition) is 4. The maximum atomic E-state index is 6.37. The Kier molecular flexibility index (Phi) is 2.92. The van der Waals surface area contributed by atoms with Gasteiger partial charge in [0.15, 0.2) is 0 Å². The fraction of sp³-hybridized carbons (Fsp3) is 1.00. The lowest BCUT2D eigenvalue weighted by Crippen LogP contribution is -2.57. The van der Waals surface area contributed by atoms with Crippen molar-refractivity contribution in [2.24, 2.45) is 5.73 Å². The minimum atomic E-state index is -0.107. The lowest BCUT2D eigenvalue weighted by Gasteiger charge is -2.41. The summed E-state index contributed by atoms with van der Waals surface area (Å²) in [7, 11) is 0. The largest absolute Gasteiger partial charge is 0.379 e. The van der Waals surface area contributed by atoms with Gasteiger partial charge in [-0.15, -0.1) is 0 Å². The van der Waals surface area contributed by atoms with Crippen LogP contribution in [-0.4, -0.2) is 55.5 Å². The molecule has 0 radical (unpaired) electrons. The Bertz CT molecular complexity index is 253. The molecule has 16 heavy (non-hydrogen) atoms. The summed E-state index contributed by atoms with van der Waals surface area (Å²) >= 11 is 0. The lowest BCUT2D eigenvalue weighted by molar-refractivity contribution is -0.0622. The highest BCUT2D eigenvalue weighted by Crippen LogP contribution is 2.31. The van der Waals surface area contributed by atoms with Gasteiger partial charge in [-0.3, -0.25) is 4.90 Å². The van der Waals surface area contributed by atoms with Crippen LogP contribution in [0.15, 0.2) is 0 Å². The van der Waals surface area contributed by atoms with E-state index in [0.717, 1.165) is 39.3 Å². The van der Waals surface area contributed by atoms with Gasteiger partial charge in [-0.1, -0.05) is 0 Å². The number of fused-ring (bicyclic) bond motifs is 1. The zero-order valence-corrected chi connectivity index (χ0v) is 9.86. The van der Waals surface area contributed by atoms with Gasteiger partial charge in [0, 0.05) is 25.7 Å². The van der Waals surface area contributed by atoms with Gasteiger partial charge in [0.05, 0.1) is 24.9 Å². The molecule has 2 aliphatic heterocycles. The van der Waals surface area contributed by atoms with Crippen molar-refractivity contribution in [3.8, 4) is 0 Å². The third kappa shape index (κ3) is 1.99. The summed E-state index contributed by atoms with van der Waals surface area (Å²) in [4.78, 5) is 2.55. The van der Waals surface area contributed by atoms with Crippen LogP contribution in [0.2, 0.25) is 0 Å². The summed E-state index contributed by atoms with van der Waals surface area (Å²) in [5.41, 5.74) is 6.26. The molecule has 3 atom stereocenters. The molecule has 0 bridgehead atoms. The molecule has 4 heteroatoms. The van der Waals surface area contributed by atoms with Crippen LogP contribution < -0.4 is 5.73 Å². The fourth-order valence-corrected chi connectivity index (χ4v) is 3.35. The van der Waals surface area contributed by atoms with E-state index in [1.54, 1.807) is 0 Å². The third-order valence-corrected chi connectivity index (χ3v) is 4.25. The number of rotatable bonds is 2. The molecule has 3 unspecified atom stereocenters. The average Bonchev–Trinajstić information content (AvgIpc) is 2.87. The second kappa shape index (κ2) is 4.26. The molecule has 0 spiro atoms. The summed E-state index contributed by atoms with van der Waals surface area (Å²) in [5, 5.41) is 0. The van der Waals surface area contributed by atoms with Gasteiger partial charge >= 0.3 is 0 Å². The topological polar surface area (TPSA) is 47.7 Å². The summed E-state index contributed by atoms with van der Waals surface area (Å²) in [5.74, 6) is 0. The maximum absolute atomic E-state index is 6.37. The normalized spacial score (nSPS) is 44.8. The van der Waals surface area contributed by atoms with Crippen molar-refractivity contribution in [3.05, 3.63) is 0 Å². The van der Waals surface area contributed by atoms with Crippen molar-refractivity contribution in [2.45, 2.75) is 43.4 Å². The second-order valence-electron chi connectivity index (χ2n) is 5.54. The zero-order valence-electron chi connectivity index (χ0n) is 9.86. The first-order valence-corrected chi connectivity index (χ1v) is 6.49. The van der Waals surface area contributed by atoms with E-state index in [1.165, 1.54) is 19.3 Å². The highest BCUT2D eigenvalue weighted by molar-refractivity contribution is 4.96. The van der Waals surface area contributed by atoms with E-state index >= 15 is 0 Å². The van der Waals surface area contributed by atoms with Crippen LogP contribution in [0.3, 0.4) is 0 Å². The average molecular weight is 226 g/mol. The standard InChI is InChI=1S/C12H22N2O2/c13-12(4-6-15-9-12)8-14-5-7-16-11-3-1-2-10(11)14/h10-11H,1-9,13H2. The van der Waals surface area contributed by atoms with Crippen LogP contribution in [0.5, 0.6) is 0 Å². The van der Waals surface area contributed by atoms with Crippen LogP contribution in [-0.2, 0) is 9.47 Å². The van der Waals surface area contributed by atoms with E-state index in [-0.39, 0.29) is 5.54 Å². The molecule has 0 aromatic rings. The molecular weight excluding hydrogens is 204 g/mol. The number of nitrogens with two attached hydrogens (primary N) is 1. The van der Waals surface area contributed by atoms with Crippen LogP contribution >= 0.6 is 0 Å². The lowest BCUT2D eigenvalue weighted by atomic mass is 9.97. The minimum absolute atomic E-state index is 0.107. The molecule has 0 aromatic heterocycles. The van der Waals surface area contributed by atoms with Gasteiger partial charge in [0.1, 0.15) is 0 Å². The molecule has 2 N–H and O–H groups in total. The van der Waals surface area contributed by atoms with Gasteiger partial charge < -0.3 is 15.2 Å². The summed E-state index contributed by atoms with van der Waals surface area (Å²) in [6.07, 6.45) is 5.29. The van der Waals surface area contributed by atoms with E-state index in [2.05, 4.69) is 4.90 Å². The van der Waals surface area contributed by atoms with E-state index in [9.17, 15) is 0 Å². The number of nitrogens with zero attached hydrogens (tertiary/aromatic N) is 1. The quantitative estimate of drug-likeness (QED) is 0.738. The Morgan fingerprint density at radius 3 is 3.06 bits per heavy atom. The predicted octanol–water partition coefficient (Wildman–Crippen LogP) is 0.357. The summed E-state index contributed by atoms with van der Waals surface area (Å²) in [6, 6.07) is 0.620. The molecule has 0 amide bonds. The molecule has 2 heterocycles. The Labute approximate surface area is 97.1 Å². The third-order valence-electron chi connectivity index (χ3n) is 4.25. The van der Waals surface area contributed by atoms with E-state index in [0.29, 0.717) is 12.1 Å². The molecular formula is C12H22N2O2. The van der Waals surface area contributed by atoms with E-state index in [4.69, 9.17) is 15.2 Å². The van der Waals surface area contributed by atoms with Crippen LogP contribution in [0.4, 0.5) is 0 Å². The van der Waals surface area contributed by atoms with Gasteiger partial charge in [-0.2, -0.15) is 0 Å². The van der Waals surface area contributed by atoms with E-state index in [1.807, 2.05) is 0 Å². The van der Waals surface area contributed by atoms with E-state index < -0.39 is 0 Å².